The maximum atomic E-state index is 5.34. The third-order valence-corrected chi connectivity index (χ3v) is 1.55. The number of halogens is 2. The second-order valence-electron chi connectivity index (χ2n) is 1.94. The lowest BCUT2D eigenvalue weighted by Crippen LogP contribution is -1.97. The summed E-state index contributed by atoms with van der Waals surface area (Å²) in [5.74, 6) is 0.879. The molecule has 0 heterocycles. The second-order valence-corrected chi connectivity index (χ2v) is 4.92. The lowest BCUT2D eigenvalue weighted by atomic mass is 10.3. The highest BCUT2D eigenvalue weighted by atomic mass is 79.9. The fourth-order valence-corrected chi connectivity index (χ4v) is 0.884. The minimum atomic E-state index is 0.546. The zero-order valence-corrected chi connectivity index (χ0v) is 8.93. The van der Waals surface area contributed by atoms with Crippen LogP contribution in [0.3, 0.4) is 0 Å². The average molecular weight is 279 g/mol. The quantitative estimate of drug-likeness (QED) is 0.824. The third kappa shape index (κ3) is 3.77. The Morgan fingerprint density at radius 3 is 2.36 bits per heavy atom. The summed E-state index contributed by atoms with van der Waals surface area (Å²) in [4.78, 5) is 0. The van der Waals surface area contributed by atoms with E-state index in [1.807, 2.05) is 30.3 Å². The van der Waals surface area contributed by atoms with Gasteiger partial charge in [0.2, 0.25) is 0 Å². The molecule has 59 valence electrons. The molecule has 1 rings (SSSR count). The Bertz CT molecular complexity index is 199. The van der Waals surface area contributed by atoms with Gasteiger partial charge in [-0.1, -0.05) is 50.1 Å². The van der Waals surface area contributed by atoms with Crippen LogP contribution in [0.1, 0.15) is 0 Å². The first-order valence-electron chi connectivity index (χ1n) is 3.14. The molecule has 1 aromatic carbocycles. The van der Waals surface area contributed by atoms with Crippen LogP contribution in [0.15, 0.2) is 30.3 Å². The SMILES string of the molecule is Br[C](Br)COc1ccccc1. The smallest absolute Gasteiger partial charge is 0.142 e. The van der Waals surface area contributed by atoms with Crippen LogP contribution in [-0.2, 0) is 0 Å². The predicted octanol–water partition coefficient (Wildman–Crippen LogP) is 3.34. The maximum Gasteiger partial charge on any atom is 0.142 e. The van der Waals surface area contributed by atoms with E-state index in [2.05, 4.69) is 31.9 Å². The summed E-state index contributed by atoms with van der Waals surface area (Å²) in [5, 5.41) is 0. The van der Waals surface area contributed by atoms with Crippen molar-refractivity contribution in [2.24, 2.45) is 0 Å². The van der Waals surface area contributed by atoms with Gasteiger partial charge in [-0.05, 0) is 12.1 Å². The van der Waals surface area contributed by atoms with Crippen LogP contribution in [0.4, 0.5) is 0 Å². The number of para-hydroxylation sites is 1. The van der Waals surface area contributed by atoms with E-state index >= 15 is 0 Å². The predicted molar refractivity (Wildman–Crippen MR) is 53.0 cm³/mol. The molecule has 1 nitrogen and oxygen atoms in total. The van der Waals surface area contributed by atoms with E-state index in [4.69, 9.17) is 4.74 Å². The summed E-state index contributed by atoms with van der Waals surface area (Å²) in [7, 11) is 0. The highest BCUT2D eigenvalue weighted by Gasteiger charge is 1.98. The van der Waals surface area contributed by atoms with Gasteiger partial charge in [0.25, 0.3) is 0 Å². The van der Waals surface area contributed by atoms with Gasteiger partial charge in [0.1, 0.15) is 16.1 Å². The number of rotatable bonds is 3. The van der Waals surface area contributed by atoms with Crippen molar-refractivity contribution >= 4 is 31.9 Å². The lowest BCUT2D eigenvalue weighted by molar-refractivity contribution is 0.356. The molecule has 11 heavy (non-hydrogen) atoms. The van der Waals surface area contributed by atoms with E-state index < -0.39 is 0 Å². The molecular weight excluding hydrogens is 272 g/mol. The molecule has 0 fully saturated rings. The Kier molecular flexibility index (Phi) is 3.94. The van der Waals surface area contributed by atoms with Crippen molar-refractivity contribution in [1.82, 2.24) is 0 Å². The summed E-state index contributed by atoms with van der Waals surface area (Å²) in [5.41, 5.74) is 0. The van der Waals surface area contributed by atoms with Gasteiger partial charge in [0.05, 0.1) is 0 Å². The van der Waals surface area contributed by atoms with Crippen molar-refractivity contribution in [3.63, 3.8) is 0 Å². The summed E-state index contributed by atoms with van der Waals surface area (Å²) in [6.07, 6.45) is 0. The zero-order chi connectivity index (χ0) is 8.10. The van der Waals surface area contributed by atoms with Crippen LogP contribution in [0.5, 0.6) is 5.75 Å². The van der Waals surface area contributed by atoms with Gasteiger partial charge in [-0.2, -0.15) is 0 Å². The molecule has 0 atom stereocenters. The minimum absolute atomic E-state index is 0.546. The van der Waals surface area contributed by atoms with E-state index in [0.29, 0.717) is 6.61 Å². The summed E-state index contributed by atoms with van der Waals surface area (Å²) in [6.45, 7) is 0.546. The van der Waals surface area contributed by atoms with E-state index in [0.717, 1.165) is 9.49 Å². The van der Waals surface area contributed by atoms with Crippen LogP contribution < -0.4 is 4.74 Å². The molecule has 0 N–H and O–H groups in total. The van der Waals surface area contributed by atoms with Gasteiger partial charge in [-0.25, -0.2) is 0 Å². The zero-order valence-electron chi connectivity index (χ0n) is 5.76. The summed E-state index contributed by atoms with van der Waals surface area (Å²) < 4.78 is 6.25. The first kappa shape index (κ1) is 9.07. The molecule has 1 radical (unpaired) electrons. The van der Waals surface area contributed by atoms with Crippen LogP contribution >= 0.6 is 31.9 Å². The normalized spacial score (nSPS) is 10.1. The molecule has 0 aliphatic rings. The van der Waals surface area contributed by atoms with Crippen molar-refractivity contribution in [3.8, 4) is 5.75 Å². The molecule has 0 aromatic heterocycles. The van der Waals surface area contributed by atoms with Crippen LogP contribution in [-0.4, -0.2) is 6.61 Å². The molecule has 0 unspecified atom stereocenters. The van der Waals surface area contributed by atoms with Crippen molar-refractivity contribution in [2.75, 3.05) is 6.61 Å². The average Bonchev–Trinajstić information content (AvgIpc) is 2.03. The summed E-state index contributed by atoms with van der Waals surface area (Å²) >= 11 is 6.48. The molecule has 0 aliphatic carbocycles. The monoisotopic (exact) mass is 277 g/mol. The Hall–Kier alpha value is -0.0200. The molecule has 0 amide bonds. The largest absolute Gasteiger partial charge is 0.491 e. The molecule has 0 spiro atoms. The van der Waals surface area contributed by atoms with Crippen molar-refractivity contribution < 1.29 is 4.74 Å². The first-order valence-corrected chi connectivity index (χ1v) is 4.72. The van der Waals surface area contributed by atoms with Gasteiger partial charge in [0, 0.05) is 0 Å². The third-order valence-electron chi connectivity index (χ3n) is 1.09. The second kappa shape index (κ2) is 4.78. The molecule has 0 saturated carbocycles. The van der Waals surface area contributed by atoms with Crippen LogP contribution in [0, 0.1) is 3.74 Å². The van der Waals surface area contributed by atoms with Gasteiger partial charge in [-0.15, -0.1) is 0 Å². The van der Waals surface area contributed by atoms with Gasteiger partial charge in [-0.3, -0.25) is 0 Å². The number of benzene rings is 1. The topological polar surface area (TPSA) is 9.23 Å². The van der Waals surface area contributed by atoms with Crippen molar-refractivity contribution in [2.45, 2.75) is 0 Å². The molecule has 0 saturated heterocycles. The number of hydrogen-bond donors (Lipinski definition) is 0. The number of ether oxygens (including phenoxy) is 1. The molecule has 0 aliphatic heterocycles. The van der Waals surface area contributed by atoms with E-state index in [-0.39, 0.29) is 0 Å². The van der Waals surface area contributed by atoms with Gasteiger partial charge in [0.15, 0.2) is 0 Å². The minimum Gasteiger partial charge on any atom is -0.491 e. The Labute approximate surface area is 83.0 Å². The molecule has 1 aromatic rings. The van der Waals surface area contributed by atoms with Crippen molar-refractivity contribution in [3.05, 3.63) is 34.1 Å². The first-order chi connectivity index (χ1) is 5.29. The Morgan fingerprint density at radius 2 is 1.82 bits per heavy atom. The van der Waals surface area contributed by atoms with E-state index in [1.54, 1.807) is 0 Å². The summed E-state index contributed by atoms with van der Waals surface area (Å²) in [6, 6.07) is 9.68. The fraction of sp³-hybridized carbons (Fsp3) is 0.125. The molecule has 3 heteroatoms. The van der Waals surface area contributed by atoms with E-state index in [9.17, 15) is 0 Å². The van der Waals surface area contributed by atoms with Crippen molar-refractivity contribution in [1.29, 1.82) is 0 Å². The van der Waals surface area contributed by atoms with Crippen LogP contribution in [0.25, 0.3) is 0 Å². The maximum absolute atomic E-state index is 5.34. The van der Waals surface area contributed by atoms with Gasteiger partial charge >= 0.3 is 0 Å². The van der Waals surface area contributed by atoms with E-state index in [1.165, 1.54) is 0 Å². The fourth-order valence-electron chi connectivity index (χ4n) is 0.655. The Morgan fingerprint density at radius 1 is 1.18 bits per heavy atom. The Balaban J connectivity index is 2.39. The highest BCUT2D eigenvalue weighted by molar-refractivity contribution is 9.27. The molecule has 0 bridgehead atoms. The highest BCUT2D eigenvalue weighted by Crippen LogP contribution is 2.19. The van der Waals surface area contributed by atoms with Crippen LogP contribution in [0.2, 0.25) is 0 Å². The standard InChI is InChI=1S/C8H7Br2O/c9-8(10)6-11-7-4-2-1-3-5-7/h1-5H,6H2. The number of hydrogen-bond acceptors (Lipinski definition) is 1. The molecular formula is C8H7Br2O. The lowest BCUT2D eigenvalue weighted by Gasteiger charge is -2.04. The van der Waals surface area contributed by atoms with Gasteiger partial charge < -0.3 is 4.74 Å².